The number of rotatable bonds is 6. The van der Waals surface area contributed by atoms with Crippen molar-refractivity contribution in [1.82, 2.24) is 4.98 Å². The van der Waals surface area contributed by atoms with Gasteiger partial charge in [0.2, 0.25) is 0 Å². The van der Waals surface area contributed by atoms with Gasteiger partial charge in [0.1, 0.15) is 0 Å². The first-order valence-corrected chi connectivity index (χ1v) is 5.98. The molecule has 1 aromatic heterocycles. The van der Waals surface area contributed by atoms with E-state index in [0.717, 1.165) is 6.20 Å². The van der Waals surface area contributed by atoms with Crippen molar-refractivity contribution >= 4 is 5.97 Å². The van der Waals surface area contributed by atoms with Crippen LogP contribution in [0.25, 0.3) is 0 Å². The maximum absolute atomic E-state index is 12.3. The summed E-state index contributed by atoms with van der Waals surface area (Å²) in [6.45, 7) is 1.65. The van der Waals surface area contributed by atoms with Crippen LogP contribution in [0.5, 0.6) is 11.5 Å². The molecule has 0 fully saturated rings. The monoisotopic (exact) mass is 308 g/mol. The van der Waals surface area contributed by atoms with E-state index in [0.29, 0.717) is 0 Å². The predicted octanol–water partition coefficient (Wildman–Crippen LogP) is 1.55. The summed E-state index contributed by atoms with van der Waals surface area (Å²) in [5.74, 6) is -1.38. The van der Waals surface area contributed by atoms with Crippen LogP contribution < -0.4 is 15.2 Å². The molecule has 1 heterocycles. The van der Waals surface area contributed by atoms with Gasteiger partial charge in [-0.3, -0.25) is 9.78 Å². The van der Waals surface area contributed by atoms with Crippen LogP contribution in [0.2, 0.25) is 0 Å². The van der Waals surface area contributed by atoms with Gasteiger partial charge in [-0.15, -0.1) is 13.2 Å². The summed E-state index contributed by atoms with van der Waals surface area (Å²) in [6.07, 6.45) is -4.27. The molecule has 21 heavy (non-hydrogen) atoms. The molecular weight excluding hydrogens is 293 g/mol. The number of nitrogens with two attached hydrogens (primary N) is 1. The molecule has 9 heteroatoms. The Morgan fingerprint density at radius 1 is 1.43 bits per heavy atom. The maximum atomic E-state index is 12.3. The molecule has 0 aromatic carbocycles. The quantitative estimate of drug-likeness (QED) is 0.803. The molecule has 0 saturated heterocycles. The summed E-state index contributed by atoms with van der Waals surface area (Å²) in [6, 6.07) is 0. The van der Waals surface area contributed by atoms with Crippen molar-refractivity contribution in [3.63, 3.8) is 0 Å². The Hall–Kier alpha value is -2.03. The SMILES string of the molecule is CCOC(=O)Cc1ncc(OC(F)(F)F)c(OC)c1CN. The third-order valence-corrected chi connectivity index (χ3v) is 2.43. The highest BCUT2D eigenvalue weighted by molar-refractivity contribution is 5.73. The largest absolute Gasteiger partial charge is 0.573 e. The fourth-order valence-corrected chi connectivity index (χ4v) is 1.69. The Balaban J connectivity index is 3.16. The molecule has 0 aliphatic heterocycles. The number of hydrogen-bond acceptors (Lipinski definition) is 6. The van der Waals surface area contributed by atoms with E-state index in [1.807, 2.05) is 0 Å². The lowest BCUT2D eigenvalue weighted by atomic mass is 10.1. The summed E-state index contributed by atoms with van der Waals surface area (Å²) in [7, 11) is 1.17. The van der Waals surface area contributed by atoms with E-state index in [2.05, 4.69) is 9.72 Å². The van der Waals surface area contributed by atoms with Crippen molar-refractivity contribution in [2.24, 2.45) is 5.73 Å². The van der Waals surface area contributed by atoms with E-state index < -0.39 is 18.1 Å². The molecule has 0 bridgehead atoms. The number of hydrogen-bond donors (Lipinski definition) is 1. The van der Waals surface area contributed by atoms with Crippen molar-refractivity contribution in [3.8, 4) is 11.5 Å². The van der Waals surface area contributed by atoms with E-state index in [4.69, 9.17) is 15.2 Å². The van der Waals surface area contributed by atoms with Crippen molar-refractivity contribution in [1.29, 1.82) is 0 Å². The number of ether oxygens (including phenoxy) is 3. The minimum Gasteiger partial charge on any atom is -0.492 e. The number of alkyl halides is 3. The number of carbonyl (C=O) groups is 1. The molecule has 0 atom stereocenters. The lowest BCUT2D eigenvalue weighted by molar-refractivity contribution is -0.275. The van der Waals surface area contributed by atoms with E-state index in [1.165, 1.54) is 7.11 Å². The molecule has 1 rings (SSSR count). The molecule has 0 unspecified atom stereocenters. The van der Waals surface area contributed by atoms with Gasteiger partial charge in [0.25, 0.3) is 0 Å². The van der Waals surface area contributed by atoms with Crippen LogP contribution in [-0.2, 0) is 22.5 Å². The molecule has 0 radical (unpaired) electrons. The molecule has 1 aromatic rings. The van der Waals surface area contributed by atoms with Gasteiger partial charge in [0, 0.05) is 12.1 Å². The summed E-state index contributed by atoms with van der Waals surface area (Å²) < 4.78 is 50.4. The fraction of sp³-hybridized carbons (Fsp3) is 0.500. The van der Waals surface area contributed by atoms with Crippen molar-refractivity contribution in [2.75, 3.05) is 13.7 Å². The van der Waals surface area contributed by atoms with E-state index in [-0.39, 0.29) is 36.6 Å². The Labute approximate surface area is 119 Å². The van der Waals surface area contributed by atoms with Crippen molar-refractivity contribution in [3.05, 3.63) is 17.5 Å². The second-order valence-electron chi connectivity index (χ2n) is 3.81. The van der Waals surface area contributed by atoms with Gasteiger partial charge < -0.3 is 19.9 Å². The molecule has 0 spiro atoms. The molecule has 118 valence electrons. The molecular formula is C12H15F3N2O4. The van der Waals surface area contributed by atoms with E-state index in [9.17, 15) is 18.0 Å². The van der Waals surface area contributed by atoms with Crippen LogP contribution in [0.1, 0.15) is 18.2 Å². The molecule has 0 aliphatic carbocycles. The lowest BCUT2D eigenvalue weighted by Crippen LogP contribution is -2.19. The minimum atomic E-state index is -4.89. The summed E-state index contributed by atoms with van der Waals surface area (Å²) in [4.78, 5) is 15.2. The second-order valence-corrected chi connectivity index (χ2v) is 3.81. The number of methoxy groups -OCH3 is 1. The van der Waals surface area contributed by atoms with Gasteiger partial charge >= 0.3 is 12.3 Å². The van der Waals surface area contributed by atoms with E-state index in [1.54, 1.807) is 6.92 Å². The average molecular weight is 308 g/mol. The van der Waals surface area contributed by atoms with Crippen LogP contribution in [0.4, 0.5) is 13.2 Å². The maximum Gasteiger partial charge on any atom is 0.573 e. The van der Waals surface area contributed by atoms with Gasteiger partial charge in [0.15, 0.2) is 11.5 Å². The third-order valence-electron chi connectivity index (χ3n) is 2.43. The zero-order valence-electron chi connectivity index (χ0n) is 11.5. The zero-order chi connectivity index (χ0) is 16.0. The average Bonchev–Trinajstić information content (AvgIpc) is 2.38. The highest BCUT2D eigenvalue weighted by Crippen LogP contribution is 2.35. The Kier molecular flexibility index (Phi) is 5.77. The zero-order valence-corrected chi connectivity index (χ0v) is 11.5. The first-order chi connectivity index (χ1) is 9.82. The second kappa shape index (κ2) is 7.11. The first kappa shape index (κ1) is 17.0. The van der Waals surface area contributed by atoms with Crippen LogP contribution in [0.3, 0.4) is 0 Å². The number of halogens is 3. The lowest BCUT2D eigenvalue weighted by Gasteiger charge is -2.16. The first-order valence-electron chi connectivity index (χ1n) is 5.98. The molecule has 0 amide bonds. The minimum absolute atomic E-state index is 0.160. The number of esters is 1. The molecule has 0 aliphatic rings. The van der Waals surface area contributed by atoms with Gasteiger partial charge in [-0.2, -0.15) is 0 Å². The number of pyridine rings is 1. The fourth-order valence-electron chi connectivity index (χ4n) is 1.69. The summed E-state index contributed by atoms with van der Waals surface area (Å²) >= 11 is 0. The standard InChI is InChI=1S/C12H15F3N2O4/c1-3-20-10(18)4-8-7(5-16)11(19-2)9(6-17-8)21-12(13,14)15/h6H,3-5,16H2,1-2H3. The van der Waals surface area contributed by atoms with Crippen LogP contribution in [0, 0.1) is 0 Å². The summed E-state index contributed by atoms with van der Waals surface area (Å²) in [5, 5.41) is 0. The van der Waals surface area contributed by atoms with Crippen LogP contribution in [0.15, 0.2) is 6.20 Å². The molecule has 0 saturated carbocycles. The van der Waals surface area contributed by atoms with Crippen molar-refractivity contribution in [2.45, 2.75) is 26.3 Å². The predicted molar refractivity (Wildman–Crippen MR) is 65.7 cm³/mol. The van der Waals surface area contributed by atoms with Crippen LogP contribution >= 0.6 is 0 Å². The van der Waals surface area contributed by atoms with Crippen LogP contribution in [-0.4, -0.2) is 31.0 Å². The van der Waals surface area contributed by atoms with Crippen molar-refractivity contribution < 1.29 is 32.2 Å². The Morgan fingerprint density at radius 2 is 2.10 bits per heavy atom. The third kappa shape index (κ3) is 4.78. The number of aromatic nitrogens is 1. The van der Waals surface area contributed by atoms with Gasteiger partial charge in [-0.1, -0.05) is 0 Å². The summed E-state index contributed by atoms with van der Waals surface area (Å²) in [5.41, 5.74) is 5.84. The Bertz CT molecular complexity index is 506. The normalized spacial score (nSPS) is 11.1. The number of nitrogens with zero attached hydrogens (tertiary/aromatic N) is 1. The van der Waals surface area contributed by atoms with Gasteiger partial charge in [0.05, 0.1) is 32.0 Å². The molecule has 2 N–H and O–H groups in total. The topological polar surface area (TPSA) is 83.7 Å². The Morgan fingerprint density at radius 3 is 2.57 bits per heavy atom. The number of carbonyl (C=O) groups excluding carboxylic acids is 1. The van der Waals surface area contributed by atoms with Gasteiger partial charge in [-0.25, -0.2) is 0 Å². The highest BCUT2D eigenvalue weighted by atomic mass is 19.4. The van der Waals surface area contributed by atoms with Gasteiger partial charge in [-0.05, 0) is 6.92 Å². The highest BCUT2D eigenvalue weighted by Gasteiger charge is 2.33. The smallest absolute Gasteiger partial charge is 0.492 e. The molecule has 6 nitrogen and oxygen atoms in total. The van der Waals surface area contributed by atoms with E-state index >= 15 is 0 Å².